The third kappa shape index (κ3) is 5.70. The fourth-order valence-electron chi connectivity index (χ4n) is 2.89. The van der Waals surface area contributed by atoms with Gasteiger partial charge in [0.1, 0.15) is 12.3 Å². The number of aryl methyl sites for hydroxylation is 1. The first kappa shape index (κ1) is 21.2. The molecule has 2 aromatic rings. The third-order valence-corrected chi connectivity index (χ3v) is 4.28. The number of aromatic amines is 1. The van der Waals surface area contributed by atoms with Gasteiger partial charge in [0, 0.05) is 12.1 Å². The number of aromatic nitrogens is 1. The van der Waals surface area contributed by atoms with E-state index < -0.39 is 17.9 Å². The molecule has 1 aromatic heterocycles. The largest absolute Gasteiger partial charge is 0.469 e. The summed E-state index contributed by atoms with van der Waals surface area (Å²) in [4.78, 5) is 39.2. The SMILES string of the molecule is CCOC(=O)Cc1c(C)[nH]c(C(=O)OCc2ccccc2)c1CCC(=O)OC. The number of hydrogen-bond donors (Lipinski definition) is 1. The van der Waals surface area contributed by atoms with E-state index in [2.05, 4.69) is 9.72 Å². The van der Waals surface area contributed by atoms with E-state index in [1.807, 2.05) is 30.3 Å². The maximum absolute atomic E-state index is 12.6. The van der Waals surface area contributed by atoms with Gasteiger partial charge in [0.25, 0.3) is 0 Å². The first-order valence-corrected chi connectivity index (χ1v) is 9.10. The molecule has 0 saturated heterocycles. The van der Waals surface area contributed by atoms with E-state index in [1.165, 1.54) is 7.11 Å². The smallest absolute Gasteiger partial charge is 0.355 e. The summed E-state index contributed by atoms with van der Waals surface area (Å²) in [7, 11) is 1.30. The van der Waals surface area contributed by atoms with Crippen molar-refractivity contribution in [2.45, 2.75) is 39.7 Å². The number of benzene rings is 1. The van der Waals surface area contributed by atoms with Crippen LogP contribution in [-0.4, -0.2) is 36.6 Å². The minimum atomic E-state index is -0.540. The molecule has 0 aliphatic rings. The van der Waals surface area contributed by atoms with Gasteiger partial charge in [-0.3, -0.25) is 9.59 Å². The van der Waals surface area contributed by atoms with Crippen LogP contribution in [-0.2, 0) is 43.2 Å². The van der Waals surface area contributed by atoms with Crippen molar-refractivity contribution in [2.75, 3.05) is 13.7 Å². The molecule has 0 atom stereocenters. The van der Waals surface area contributed by atoms with Crippen LogP contribution < -0.4 is 0 Å². The van der Waals surface area contributed by atoms with Crippen molar-refractivity contribution in [1.82, 2.24) is 4.98 Å². The molecule has 150 valence electrons. The molecule has 0 amide bonds. The second kappa shape index (κ2) is 10.3. The second-order valence-electron chi connectivity index (χ2n) is 6.20. The molecule has 1 heterocycles. The number of ether oxygens (including phenoxy) is 3. The molecule has 0 aliphatic heterocycles. The van der Waals surface area contributed by atoms with Crippen LogP contribution in [0.4, 0.5) is 0 Å². The molecule has 0 radical (unpaired) electrons. The Kier molecular flexibility index (Phi) is 7.80. The van der Waals surface area contributed by atoms with E-state index in [0.717, 1.165) is 5.56 Å². The lowest BCUT2D eigenvalue weighted by molar-refractivity contribution is -0.142. The van der Waals surface area contributed by atoms with E-state index in [-0.39, 0.29) is 38.2 Å². The number of hydrogen-bond acceptors (Lipinski definition) is 6. The summed E-state index contributed by atoms with van der Waals surface area (Å²) in [6, 6.07) is 9.32. The van der Waals surface area contributed by atoms with Crippen molar-refractivity contribution in [1.29, 1.82) is 0 Å². The van der Waals surface area contributed by atoms with E-state index in [1.54, 1.807) is 13.8 Å². The number of methoxy groups -OCH3 is 1. The van der Waals surface area contributed by atoms with Gasteiger partial charge < -0.3 is 19.2 Å². The molecule has 7 heteroatoms. The molecule has 2 rings (SSSR count). The zero-order valence-electron chi connectivity index (χ0n) is 16.4. The van der Waals surface area contributed by atoms with Crippen molar-refractivity contribution >= 4 is 17.9 Å². The lowest BCUT2D eigenvalue weighted by Crippen LogP contribution is -2.13. The van der Waals surface area contributed by atoms with Gasteiger partial charge in [0.15, 0.2) is 0 Å². The van der Waals surface area contributed by atoms with E-state index in [0.29, 0.717) is 16.8 Å². The maximum Gasteiger partial charge on any atom is 0.355 e. The molecular formula is C21H25NO6. The minimum Gasteiger partial charge on any atom is -0.469 e. The van der Waals surface area contributed by atoms with Crippen LogP contribution in [0.15, 0.2) is 30.3 Å². The fraction of sp³-hybridized carbons (Fsp3) is 0.381. The van der Waals surface area contributed by atoms with Crippen LogP contribution in [0.3, 0.4) is 0 Å². The van der Waals surface area contributed by atoms with E-state index >= 15 is 0 Å². The Morgan fingerprint density at radius 1 is 1.00 bits per heavy atom. The monoisotopic (exact) mass is 387 g/mol. The van der Waals surface area contributed by atoms with Gasteiger partial charge in [-0.15, -0.1) is 0 Å². The highest BCUT2D eigenvalue weighted by molar-refractivity contribution is 5.91. The molecule has 0 saturated carbocycles. The van der Waals surface area contributed by atoms with E-state index in [4.69, 9.17) is 9.47 Å². The van der Waals surface area contributed by atoms with Crippen molar-refractivity contribution in [2.24, 2.45) is 0 Å². The number of carbonyl (C=O) groups excluding carboxylic acids is 3. The van der Waals surface area contributed by atoms with Crippen molar-refractivity contribution in [3.8, 4) is 0 Å². The van der Waals surface area contributed by atoms with Gasteiger partial charge in [0.05, 0.1) is 20.1 Å². The maximum atomic E-state index is 12.6. The Morgan fingerprint density at radius 3 is 2.36 bits per heavy atom. The summed E-state index contributed by atoms with van der Waals surface area (Å²) in [6.07, 6.45) is 0.350. The average Bonchev–Trinajstić information content (AvgIpc) is 3.00. The Labute approximate surface area is 164 Å². The lowest BCUT2D eigenvalue weighted by Gasteiger charge is -2.08. The molecule has 0 spiro atoms. The molecule has 0 bridgehead atoms. The molecule has 0 fully saturated rings. The normalized spacial score (nSPS) is 10.4. The summed E-state index contributed by atoms with van der Waals surface area (Å²) in [5.74, 6) is -1.33. The highest BCUT2D eigenvalue weighted by atomic mass is 16.5. The Balaban J connectivity index is 2.23. The number of carbonyl (C=O) groups is 3. The zero-order valence-corrected chi connectivity index (χ0v) is 16.4. The predicted octanol–water partition coefficient (Wildman–Crippen LogP) is 2.89. The first-order valence-electron chi connectivity index (χ1n) is 9.10. The Bertz CT molecular complexity index is 825. The number of H-pyrrole nitrogens is 1. The first-order chi connectivity index (χ1) is 13.5. The number of nitrogens with one attached hydrogen (secondary N) is 1. The van der Waals surface area contributed by atoms with Crippen LogP contribution >= 0.6 is 0 Å². The van der Waals surface area contributed by atoms with Gasteiger partial charge in [0.2, 0.25) is 0 Å². The Morgan fingerprint density at radius 2 is 1.71 bits per heavy atom. The quantitative estimate of drug-likeness (QED) is 0.525. The van der Waals surface area contributed by atoms with Crippen molar-refractivity contribution in [3.05, 3.63) is 58.4 Å². The summed E-state index contributed by atoms with van der Waals surface area (Å²) in [6.45, 7) is 3.89. The summed E-state index contributed by atoms with van der Waals surface area (Å²) < 4.78 is 15.1. The summed E-state index contributed by atoms with van der Waals surface area (Å²) >= 11 is 0. The fourth-order valence-corrected chi connectivity index (χ4v) is 2.89. The molecule has 1 N–H and O–H groups in total. The highest BCUT2D eigenvalue weighted by Crippen LogP contribution is 2.23. The molecule has 28 heavy (non-hydrogen) atoms. The average molecular weight is 387 g/mol. The van der Waals surface area contributed by atoms with Crippen LogP contribution in [0.1, 0.15) is 46.2 Å². The zero-order chi connectivity index (χ0) is 20.5. The van der Waals surface area contributed by atoms with Gasteiger partial charge >= 0.3 is 17.9 Å². The van der Waals surface area contributed by atoms with Crippen LogP contribution in [0.25, 0.3) is 0 Å². The van der Waals surface area contributed by atoms with Crippen molar-refractivity contribution < 1.29 is 28.6 Å². The number of esters is 3. The molecule has 0 aliphatic carbocycles. The standard InChI is InChI=1S/C21H25NO6/c1-4-27-19(24)12-17-14(2)22-20(16(17)10-11-18(23)26-3)21(25)28-13-15-8-6-5-7-9-15/h5-9,22H,4,10-13H2,1-3H3. The minimum absolute atomic E-state index is 0.0125. The van der Waals surface area contributed by atoms with Gasteiger partial charge in [-0.05, 0) is 37.0 Å². The molecule has 7 nitrogen and oxygen atoms in total. The molecular weight excluding hydrogens is 362 g/mol. The van der Waals surface area contributed by atoms with Gasteiger partial charge in [-0.25, -0.2) is 4.79 Å². The molecule has 1 aromatic carbocycles. The van der Waals surface area contributed by atoms with Gasteiger partial charge in [-0.1, -0.05) is 30.3 Å². The topological polar surface area (TPSA) is 94.7 Å². The van der Waals surface area contributed by atoms with E-state index in [9.17, 15) is 14.4 Å². The number of rotatable bonds is 9. The highest BCUT2D eigenvalue weighted by Gasteiger charge is 2.24. The second-order valence-corrected chi connectivity index (χ2v) is 6.20. The third-order valence-electron chi connectivity index (χ3n) is 4.28. The summed E-state index contributed by atoms with van der Waals surface area (Å²) in [5.41, 5.74) is 3.00. The Hall–Kier alpha value is -3.09. The van der Waals surface area contributed by atoms with Crippen LogP contribution in [0.2, 0.25) is 0 Å². The van der Waals surface area contributed by atoms with Crippen molar-refractivity contribution in [3.63, 3.8) is 0 Å². The summed E-state index contributed by atoms with van der Waals surface area (Å²) in [5, 5.41) is 0. The lowest BCUT2D eigenvalue weighted by atomic mass is 10.0. The van der Waals surface area contributed by atoms with Crippen LogP contribution in [0.5, 0.6) is 0 Å². The van der Waals surface area contributed by atoms with Gasteiger partial charge in [-0.2, -0.15) is 0 Å². The predicted molar refractivity (Wildman–Crippen MR) is 102 cm³/mol. The molecule has 0 unspecified atom stereocenters. The van der Waals surface area contributed by atoms with Crippen LogP contribution in [0, 0.1) is 6.92 Å².